The SMILES string of the molecule is N#Cc1ccccc1NC(=O)Cc1cc2c(NC(=O)Cc3ccccc3)[nH]nc2s1. The van der Waals surface area contributed by atoms with Crippen LogP contribution in [0.1, 0.15) is 16.0 Å². The first kappa shape index (κ1) is 19.4. The van der Waals surface area contributed by atoms with Crippen molar-refractivity contribution in [2.24, 2.45) is 0 Å². The Morgan fingerprint density at radius 3 is 2.53 bits per heavy atom. The predicted octanol–water partition coefficient (Wildman–Crippen LogP) is 3.86. The van der Waals surface area contributed by atoms with Crippen LogP contribution in [-0.2, 0) is 22.4 Å². The smallest absolute Gasteiger partial charge is 0.229 e. The van der Waals surface area contributed by atoms with Gasteiger partial charge in [0, 0.05) is 4.88 Å². The third-order valence-corrected chi connectivity index (χ3v) is 5.46. The molecule has 4 rings (SSSR count). The van der Waals surface area contributed by atoms with Crippen LogP contribution in [0.2, 0.25) is 0 Å². The van der Waals surface area contributed by atoms with Gasteiger partial charge in [-0.3, -0.25) is 14.7 Å². The molecule has 148 valence electrons. The Kier molecular flexibility index (Phi) is 5.54. The summed E-state index contributed by atoms with van der Waals surface area (Å²) in [7, 11) is 0. The third-order valence-electron chi connectivity index (χ3n) is 4.43. The van der Waals surface area contributed by atoms with Crippen LogP contribution in [-0.4, -0.2) is 22.0 Å². The largest absolute Gasteiger partial charge is 0.325 e. The first-order valence-electron chi connectivity index (χ1n) is 9.22. The molecule has 3 N–H and O–H groups in total. The topological polar surface area (TPSA) is 111 Å². The van der Waals surface area contributed by atoms with E-state index in [1.807, 2.05) is 36.4 Å². The summed E-state index contributed by atoms with van der Waals surface area (Å²) in [6.07, 6.45) is 0.414. The molecule has 0 saturated carbocycles. The van der Waals surface area contributed by atoms with Crippen LogP contribution < -0.4 is 10.6 Å². The van der Waals surface area contributed by atoms with Crippen molar-refractivity contribution >= 4 is 44.9 Å². The van der Waals surface area contributed by atoms with Crippen molar-refractivity contribution in [2.75, 3.05) is 10.6 Å². The summed E-state index contributed by atoms with van der Waals surface area (Å²) in [5.74, 6) is 0.147. The van der Waals surface area contributed by atoms with Crippen molar-refractivity contribution in [3.63, 3.8) is 0 Å². The van der Waals surface area contributed by atoms with Gasteiger partial charge in [-0.05, 0) is 23.8 Å². The number of carbonyl (C=O) groups is 2. The van der Waals surface area contributed by atoms with E-state index in [1.165, 1.54) is 11.3 Å². The summed E-state index contributed by atoms with van der Waals surface area (Å²) >= 11 is 1.38. The van der Waals surface area contributed by atoms with Crippen LogP contribution in [0.5, 0.6) is 0 Å². The zero-order valence-electron chi connectivity index (χ0n) is 15.8. The van der Waals surface area contributed by atoms with Gasteiger partial charge in [0.05, 0.1) is 29.5 Å². The van der Waals surface area contributed by atoms with E-state index in [4.69, 9.17) is 5.26 Å². The fraction of sp³-hybridized carbons (Fsp3) is 0.0909. The molecular formula is C22H17N5O2S. The molecule has 0 atom stereocenters. The molecule has 0 aliphatic carbocycles. The number of nitrogens with one attached hydrogen (secondary N) is 3. The number of benzene rings is 2. The number of carbonyl (C=O) groups excluding carboxylic acids is 2. The highest BCUT2D eigenvalue weighted by Crippen LogP contribution is 2.30. The second kappa shape index (κ2) is 8.59. The molecule has 0 aliphatic rings. The van der Waals surface area contributed by atoms with E-state index in [9.17, 15) is 9.59 Å². The van der Waals surface area contributed by atoms with E-state index < -0.39 is 0 Å². The van der Waals surface area contributed by atoms with Crippen LogP contribution in [0.3, 0.4) is 0 Å². The number of para-hydroxylation sites is 1. The van der Waals surface area contributed by atoms with E-state index in [0.717, 1.165) is 15.8 Å². The van der Waals surface area contributed by atoms with Gasteiger partial charge in [-0.1, -0.05) is 42.5 Å². The minimum Gasteiger partial charge on any atom is -0.325 e. The molecule has 2 aromatic carbocycles. The van der Waals surface area contributed by atoms with Crippen LogP contribution in [0, 0.1) is 11.3 Å². The molecule has 0 saturated heterocycles. The minimum atomic E-state index is -0.222. The molecule has 2 heterocycles. The summed E-state index contributed by atoms with van der Waals surface area (Å²) in [5, 5.41) is 22.6. The number of thiophene rings is 1. The number of amides is 2. The monoisotopic (exact) mass is 415 g/mol. The summed E-state index contributed by atoms with van der Waals surface area (Å²) in [5.41, 5.74) is 1.82. The lowest BCUT2D eigenvalue weighted by atomic mass is 10.1. The predicted molar refractivity (Wildman–Crippen MR) is 116 cm³/mol. The maximum absolute atomic E-state index is 12.4. The number of anilines is 2. The van der Waals surface area contributed by atoms with E-state index in [-0.39, 0.29) is 24.7 Å². The molecular weight excluding hydrogens is 398 g/mol. The van der Waals surface area contributed by atoms with E-state index in [2.05, 4.69) is 26.9 Å². The summed E-state index contributed by atoms with van der Waals surface area (Å²) in [4.78, 5) is 26.3. The molecule has 4 aromatic rings. The normalized spacial score (nSPS) is 10.5. The quantitative estimate of drug-likeness (QED) is 0.444. The standard InChI is InChI=1S/C22H17N5O2S/c23-13-15-8-4-5-9-18(15)24-20(29)12-16-11-17-21(26-27-22(17)30-16)25-19(28)10-14-6-2-1-3-7-14/h1-9,11H,10,12H2,(H,24,29)(H2,25,26,27,28). The Morgan fingerprint density at radius 1 is 1.00 bits per heavy atom. The lowest BCUT2D eigenvalue weighted by Gasteiger charge is -2.05. The van der Waals surface area contributed by atoms with E-state index in [0.29, 0.717) is 21.9 Å². The molecule has 0 bridgehead atoms. The lowest BCUT2D eigenvalue weighted by Crippen LogP contribution is -2.15. The average Bonchev–Trinajstić information content (AvgIpc) is 3.30. The second-order valence-corrected chi connectivity index (χ2v) is 7.74. The molecule has 8 heteroatoms. The van der Waals surface area contributed by atoms with Crippen molar-refractivity contribution in [3.8, 4) is 6.07 Å². The van der Waals surface area contributed by atoms with Crippen LogP contribution >= 0.6 is 11.3 Å². The zero-order chi connectivity index (χ0) is 20.9. The van der Waals surface area contributed by atoms with Crippen LogP contribution in [0.15, 0.2) is 60.7 Å². The molecule has 0 radical (unpaired) electrons. The van der Waals surface area contributed by atoms with Crippen molar-refractivity contribution in [1.29, 1.82) is 5.26 Å². The number of aromatic nitrogens is 2. The molecule has 0 fully saturated rings. The first-order chi connectivity index (χ1) is 14.6. The highest BCUT2D eigenvalue weighted by Gasteiger charge is 2.15. The zero-order valence-corrected chi connectivity index (χ0v) is 16.6. The molecule has 0 unspecified atom stereocenters. The molecule has 0 spiro atoms. The van der Waals surface area contributed by atoms with Crippen molar-refractivity contribution in [2.45, 2.75) is 12.8 Å². The van der Waals surface area contributed by atoms with Crippen LogP contribution in [0.4, 0.5) is 11.5 Å². The van der Waals surface area contributed by atoms with Crippen molar-refractivity contribution < 1.29 is 9.59 Å². The van der Waals surface area contributed by atoms with Gasteiger partial charge < -0.3 is 10.6 Å². The summed E-state index contributed by atoms with van der Waals surface area (Å²) in [6.45, 7) is 0. The van der Waals surface area contributed by atoms with Gasteiger partial charge in [0.25, 0.3) is 0 Å². The number of hydrogen-bond acceptors (Lipinski definition) is 5. The summed E-state index contributed by atoms with van der Waals surface area (Å²) < 4.78 is 0. The highest BCUT2D eigenvalue weighted by atomic mass is 32.1. The van der Waals surface area contributed by atoms with Gasteiger partial charge in [-0.15, -0.1) is 11.3 Å². The van der Waals surface area contributed by atoms with Crippen LogP contribution in [0.25, 0.3) is 10.2 Å². The van der Waals surface area contributed by atoms with Gasteiger partial charge in [0.1, 0.15) is 16.7 Å². The molecule has 2 aromatic heterocycles. The maximum atomic E-state index is 12.4. The Labute approximate surface area is 176 Å². The first-order valence-corrected chi connectivity index (χ1v) is 10.0. The Balaban J connectivity index is 1.43. The van der Waals surface area contributed by atoms with Gasteiger partial charge in [-0.2, -0.15) is 10.4 Å². The number of aromatic amines is 1. The number of fused-ring (bicyclic) bond motifs is 1. The fourth-order valence-electron chi connectivity index (χ4n) is 3.05. The van der Waals surface area contributed by atoms with Crippen molar-refractivity contribution in [1.82, 2.24) is 10.2 Å². The molecule has 0 aliphatic heterocycles. The van der Waals surface area contributed by atoms with Gasteiger partial charge >= 0.3 is 0 Å². The molecule has 30 heavy (non-hydrogen) atoms. The van der Waals surface area contributed by atoms with Crippen molar-refractivity contribution in [3.05, 3.63) is 76.7 Å². The average molecular weight is 415 g/mol. The van der Waals surface area contributed by atoms with E-state index in [1.54, 1.807) is 24.3 Å². The van der Waals surface area contributed by atoms with Gasteiger partial charge in [-0.25, -0.2) is 0 Å². The Hall–Kier alpha value is -3.96. The van der Waals surface area contributed by atoms with E-state index >= 15 is 0 Å². The van der Waals surface area contributed by atoms with Gasteiger partial charge in [0.2, 0.25) is 11.8 Å². The third kappa shape index (κ3) is 4.37. The molecule has 2 amide bonds. The summed E-state index contributed by atoms with van der Waals surface area (Å²) in [6, 6.07) is 20.2. The number of hydrogen-bond donors (Lipinski definition) is 3. The van der Waals surface area contributed by atoms with Gasteiger partial charge in [0.15, 0.2) is 0 Å². The lowest BCUT2D eigenvalue weighted by molar-refractivity contribution is -0.116. The Morgan fingerprint density at radius 2 is 1.73 bits per heavy atom. The second-order valence-electron chi connectivity index (χ2n) is 6.62. The maximum Gasteiger partial charge on any atom is 0.229 e. The number of H-pyrrole nitrogens is 1. The number of nitrogens with zero attached hydrogens (tertiary/aromatic N) is 2. The molecule has 7 nitrogen and oxygen atoms in total. The number of nitriles is 1. The highest BCUT2D eigenvalue weighted by molar-refractivity contribution is 7.18. The Bertz CT molecular complexity index is 1250. The minimum absolute atomic E-state index is 0.148. The number of rotatable bonds is 6. The fourth-order valence-corrected chi connectivity index (χ4v) is 4.04.